The third kappa shape index (κ3) is 16.9. The first-order valence-electron chi connectivity index (χ1n) is 16.7. The summed E-state index contributed by atoms with van der Waals surface area (Å²) in [6.07, 6.45) is 22.4. The van der Waals surface area contributed by atoms with Gasteiger partial charge in [-0.3, -0.25) is 0 Å². The van der Waals surface area contributed by atoms with Crippen LogP contribution < -0.4 is 4.74 Å². The van der Waals surface area contributed by atoms with Gasteiger partial charge in [0.2, 0.25) is 0 Å². The molecule has 0 saturated heterocycles. The molecule has 0 fully saturated rings. The van der Waals surface area contributed by atoms with Gasteiger partial charge >= 0.3 is 5.51 Å². The van der Waals surface area contributed by atoms with E-state index in [0.29, 0.717) is 0 Å². The highest BCUT2D eigenvalue weighted by atomic mass is 32.2. The Hall–Kier alpha value is -2.49. The standard InChI is InChI=1S/C36H51OS.CHF3O3S/c1-2-3-4-5-6-7-8-9-10-11-12-13-14-15-16-23-32-37-33-28-30-36(31-29-33)38(34-24-19-17-20-25-34)35-26-21-18-22-27-35;2-1(3,4)8(5,6)7/h17-22,24-31H,2-16,23,32H2,1H3;(H,5,6,7)/q+1;/p-1. The molecule has 0 radical (unpaired) electrons. The molecule has 3 aromatic carbocycles. The molecule has 0 aromatic heterocycles. The second kappa shape index (κ2) is 22.9. The molecule has 0 aliphatic rings. The van der Waals surface area contributed by atoms with Crippen molar-refractivity contribution < 1.29 is 30.9 Å². The smallest absolute Gasteiger partial charge is 0.485 e. The van der Waals surface area contributed by atoms with E-state index < -0.39 is 15.6 Å². The van der Waals surface area contributed by atoms with Crippen molar-refractivity contribution in [2.45, 2.75) is 130 Å². The van der Waals surface area contributed by atoms with Gasteiger partial charge in [-0.2, -0.15) is 13.2 Å². The van der Waals surface area contributed by atoms with Crippen LogP contribution in [-0.2, 0) is 21.0 Å². The summed E-state index contributed by atoms with van der Waals surface area (Å²) in [5.41, 5.74) is -5.65. The lowest BCUT2D eigenvalue weighted by Crippen LogP contribution is -2.21. The van der Waals surface area contributed by atoms with Gasteiger partial charge in [0, 0.05) is 0 Å². The highest BCUT2D eigenvalue weighted by Gasteiger charge is 2.37. The van der Waals surface area contributed by atoms with Gasteiger partial charge in [0.25, 0.3) is 0 Å². The van der Waals surface area contributed by atoms with E-state index in [-0.39, 0.29) is 10.9 Å². The minimum atomic E-state index is -6.09. The average molecular weight is 681 g/mol. The van der Waals surface area contributed by atoms with Crippen molar-refractivity contribution >= 4 is 21.0 Å². The molecule has 46 heavy (non-hydrogen) atoms. The first kappa shape index (κ1) is 39.7. The summed E-state index contributed by atoms with van der Waals surface area (Å²) in [4.78, 5) is 4.03. The fourth-order valence-electron chi connectivity index (χ4n) is 5.03. The molecule has 0 unspecified atom stereocenters. The van der Waals surface area contributed by atoms with Crippen LogP contribution in [0, 0.1) is 0 Å². The van der Waals surface area contributed by atoms with Gasteiger partial charge in [0.05, 0.1) is 17.5 Å². The molecule has 0 N–H and O–H groups in total. The van der Waals surface area contributed by atoms with E-state index in [1.165, 1.54) is 111 Å². The van der Waals surface area contributed by atoms with E-state index in [4.69, 9.17) is 17.7 Å². The average Bonchev–Trinajstić information content (AvgIpc) is 3.04. The van der Waals surface area contributed by atoms with Crippen LogP contribution >= 0.6 is 0 Å². The van der Waals surface area contributed by atoms with Crippen molar-refractivity contribution in [3.8, 4) is 5.75 Å². The molecule has 0 atom stereocenters. The van der Waals surface area contributed by atoms with E-state index in [9.17, 15) is 13.2 Å². The van der Waals surface area contributed by atoms with E-state index in [1.54, 1.807) is 0 Å². The predicted molar refractivity (Wildman–Crippen MR) is 182 cm³/mol. The molecule has 0 bridgehead atoms. The van der Waals surface area contributed by atoms with Crippen LogP contribution in [0.4, 0.5) is 13.2 Å². The van der Waals surface area contributed by atoms with Gasteiger partial charge in [0.1, 0.15) is 5.75 Å². The van der Waals surface area contributed by atoms with E-state index in [1.807, 2.05) is 0 Å². The first-order chi connectivity index (χ1) is 22.1. The molecule has 3 aromatic rings. The highest BCUT2D eigenvalue weighted by molar-refractivity contribution is 7.97. The lowest BCUT2D eigenvalue weighted by molar-refractivity contribution is -0.0517. The van der Waals surface area contributed by atoms with Crippen molar-refractivity contribution in [1.29, 1.82) is 0 Å². The summed E-state index contributed by atoms with van der Waals surface area (Å²) in [6, 6.07) is 30.4. The molecule has 0 heterocycles. The van der Waals surface area contributed by atoms with Gasteiger partial charge in [-0.05, 0) is 55.0 Å². The maximum Gasteiger partial charge on any atom is 0.485 e. The van der Waals surface area contributed by atoms with E-state index in [0.717, 1.165) is 18.8 Å². The minimum Gasteiger partial charge on any atom is -0.741 e. The van der Waals surface area contributed by atoms with Gasteiger partial charge in [-0.1, -0.05) is 140 Å². The number of benzene rings is 3. The molecule has 0 aliphatic carbocycles. The number of hydrogen-bond acceptors (Lipinski definition) is 4. The lowest BCUT2D eigenvalue weighted by Gasteiger charge is -2.10. The zero-order chi connectivity index (χ0) is 33.5. The fourth-order valence-corrected chi connectivity index (χ4v) is 7.12. The Morgan fingerprint density at radius 1 is 0.565 bits per heavy atom. The van der Waals surface area contributed by atoms with Crippen LogP contribution in [0.2, 0.25) is 0 Å². The number of hydrogen-bond donors (Lipinski definition) is 0. The second-order valence-corrected chi connectivity index (χ2v) is 14.9. The Kier molecular flexibility index (Phi) is 19.8. The maximum atomic E-state index is 10.7. The van der Waals surface area contributed by atoms with Crippen LogP contribution in [0.25, 0.3) is 0 Å². The maximum absolute atomic E-state index is 10.7. The van der Waals surface area contributed by atoms with Crippen LogP contribution in [0.1, 0.15) is 110 Å². The molecule has 0 spiro atoms. The molecule has 4 nitrogen and oxygen atoms in total. The number of unbranched alkanes of at least 4 members (excludes halogenated alkanes) is 15. The topological polar surface area (TPSA) is 66.4 Å². The molecular weight excluding hydrogens is 630 g/mol. The van der Waals surface area contributed by atoms with Crippen molar-refractivity contribution in [2.75, 3.05) is 6.61 Å². The van der Waals surface area contributed by atoms with Crippen LogP contribution in [-0.4, -0.2) is 25.1 Å². The predicted octanol–water partition coefficient (Wildman–Crippen LogP) is 11.5. The quantitative estimate of drug-likeness (QED) is 0.0486. The highest BCUT2D eigenvalue weighted by Crippen LogP contribution is 2.32. The molecule has 0 amide bonds. The van der Waals surface area contributed by atoms with E-state index >= 15 is 0 Å². The molecule has 0 aliphatic heterocycles. The molecule has 256 valence electrons. The fraction of sp³-hybridized carbons (Fsp3) is 0.514. The first-order valence-corrected chi connectivity index (χ1v) is 19.4. The zero-order valence-corrected chi connectivity index (χ0v) is 28.8. The van der Waals surface area contributed by atoms with Crippen LogP contribution in [0.5, 0.6) is 5.75 Å². The Labute approximate surface area is 278 Å². The normalized spacial score (nSPS) is 11.7. The van der Waals surface area contributed by atoms with Crippen LogP contribution in [0.15, 0.2) is 99.6 Å². The van der Waals surface area contributed by atoms with Crippen molar-refractivity contribution in [2.24, 2.45) is 0 Å². The Balaban J connectivity index is 0.000000812. The molecular formula is C37H51F3O4S2. The number of alkyl halides is 3. The minimum absolute atomic E-state index is 0.0968. The zero-order valence-electron chi connectivity index (χ0n) is 27.2. The Morgan fingerprint density at radius 3 is 1.24 bits per heavy atom. The Morgan fingerprint density at radius 2 is 0.891 bits per heavy atom. The molecule has 3 rings (SSSR count). The summed E-state index contributed by atoms with van der Waals surface area (Å²) in [6.45, 7) is 3.12. The van der Waals surface area contributed by atoms with Crippen molar-refractivity contribution in [3.63, 3.8) is 0 Å². The monoisotopic (exact) mass is 680 g/mol. The van der Waals surface area contributed by atoms with Crippen LogP contribution in [0.3, 0.4) is 0 Å². The third-order valence-corrected chi connectivity index (χ3v) is 10.4. The summed E-state index contributed by atoms with van der Waals surface area (Å²) < 4.78 is 65.0. The number of ether oxygens (including phenoxy) is 1. The number of rotatable bonds is 21. The molecule has 0 saturated carbocycles. The second-order valence-electron chi connectivity index (χ2n) is 11.5. The van der Waals surface area contributed by atoms with Gasteiger partial charge < -0.3 is 9.29 Å². The summed E-state index contributed by atoms with van der Waals surface area (Å²) in [5.74, 6) is 0.986. The Bertz CT molecular complexity index is 1230. The lowest BCUT2D eigenvalue weighted by atomic mass is 10.0. The van der Waals surface area contributed by atoms with E-state index in [2.05, 4.69) is 91.9 Å². The summed E-state index contributed by atoms with van der Waals surface area (Å²) in [7, 11) is -6.19. The molecule has 9 heteroatoms. The van der Waals surface area contributed by atoms with Gasteiger partial charge in [-0.25, -0.2) is 8.42 Å². The summed E-state index contributed by atoms with van der Waals surface area (Å²) >= 11 is 0. The summed E-state index contributed by atoms with van der Waals surface area (Å²) in [5, 5.41) is 0. The SMILES string of the molecule is CCCCCCCCCCCCCCCCCCOc1ccc([S+](c2ccccc2)c2ccccc2)cc1.O=S(=O)([O-])C(F)(F)F. The van der Waals surface area contributed by atoms with Crippen molar-refractivity contribution in [3.05, 3.63) is 84.9 Å². The number of halogens is 3. The van der Waals surface area contributed by atoms with Crippen molar-refractivity contribution in [1.82, 2.24) is 0 Å². The third-order valence-electron chi connectivity index (χ3n) is 7.57. The van der Waals surface area contributed by atoms with Gasteiger partial charge in [0.15, 0.2) is 24.8 Å². The van der Waals surface area contributed by atoms with Gasteiger partial charge in [-0.15, -0.1) is 0 Å². The largest absolute Gasteiger partial charge is 0.741 e.